The summed E-state index contributed by atoms with van der Waals surface area (Å²) in [6, 6.07) is 7.32. The van der Waals surface area contributed by atoms with Gasteiger partial charge in [0.1, 0.15) is 5.60 Å². The van der Waals surface area contributed by atoms with Crippen LogP contribution >= 0.6 is 0 Å². The zero-order valence-corrected chi connectivity index (χ0v) is 15.4. The number of nitrogens with zero attached hydrogens (tertiary/aromatic N) is 4. The minimum atomic E-state index is -0.717. The second-order valence-electron chi connectivity index (χ2n) is 7.16. The molecule has 8 nitrogen and oxygen atoms in total. The Hall–Kier alpha value is -2.74. The Morgan fingerprint density at radius 1 is 1.33 bits per heavy atom. The van der Waals surface area contributed by atoms with Crippen LogP contribution < -0.4 is 5.32 Å². The number of amides is 2. The topological polar surface area (TPSA) is 89.4 Å². The molecule has 2 aliphatic rings. The lowest BCUT2D eigenvalue weighted by Gasteiger charge is -2.33. The predicted octanol–water partition coefficient (Wildman–Crippen LogP) is 1.12. The third-order valence-corrected chi connectivity index (χ3v) is 5.15. The third-order valence-electron chi connectivity index (χ3n) is 5.15. The fourth-order valence-corrected chi connectivity index (χ4v) is 3.60. The van der Waals surface area contributed by atoms with Crippen molar-refractivity contribution in [1.29, 1.82) is 0 Å². The van der Waals surface area contributed by atoms with E-state index in [0.717, 1.165) is 24.2 Å². The lowest BCUT2D eigenvalue weighted by atomic mass is 10.0. The van der Waals surface area contributed by atoms with Crippen molar-refractivity contribution in [1.82, 2.24) is 25.0 Å². The van der Waals surface area contributed by atoms with E-state index in [1.807, 2.05) is 25.1 Å². The van der Waals surface area contributed by atoms with Crippen LogP contribution in [0.25, 0.3) is 0 Å². The summed E-state index contributed by atoms with van der Waals surface area (Å²) in [5, 5.41) is 7.22. The summed E-state index contributed by atoms with van der Waals surface area (Å²) in [6.07, 6.45) is 3.36. The van der Waals surface area contributed by atoms with E-state index >= 15 is 0 Å². The number of aromatic nitrogens is 3. The van der Waals surface area contributed by atoms with Crippen LogP contribution in [0, 0.1) is 0 Å². The van der Waals surface area contributed by atoms with Crippen molar-refractivity contribution in [2.24, 2.45) is 0 Å². The van der Waals surface area contributed by atoms with E-state index in [1.165, 1.54) is 0 Å². The van der Waals surface area contributed by atoms with E-state index in [-0.39, 0.29) is 11.8 Å². The van der Waals surface area contributed by atoms with E-state index in [9.17, 15) is 9.59 Å². The number of ether oxygens (including phenoxy) is 1. The quantitative estimate of drug-likeness (QED) is 0.872. The number of rotatable bonds is 4. The van der Waals surface area contributed by atoms with Crippen molar-refractivity contribution >= 4 is 11.8 Å². The van der Waals surface area contributed by atoms with Gasteiger partial charge in [-0.3, -0.25) is 19.3 Å². The molecule has 4 heterocycles. The average molecular weight is 369 g/mol. The highest BCUT2D eigenvalue weighted by molar-refractivity contribution is 5.92. The van der Waals surface area contributed by atoms with Crippen LogP contribution in [0.5, 0.6) is 0 Å². The lowest BCUT2D eigenvalue weighted by Crippen LogP contribution is -2.49. The standard InChI is InChI=1S/C19H23N5O3/c1-19(6-4-10-27-19)18(26)23-8-9-24-15(13-23)11-16(22-24)17(25)21-12-14-5-2-3-7-20-14/h2-3,5,7,11H,4,6,8-10,12-13H2,1H3,(H,21,25). The fourth-order valence-electron chi connectivity index (χ4n) is 3.60. The minimum absolute atomic E-state index is 0.0219. The number of fused-ring (bicyclic) bond motifs is 1. The molecule has 142 valence electrons. The molecule has 0 saturated carbocycles. The van der Waals surface area contributed by atoms with Crippen molar-refractivity contribution in [2.75, 3.05) is 13.2 Å². The summed E-state index contributed by atoms with van der Waals surface area (Å²) in [6.45, 7) is 4.44. The molecule has 0 radical (unpaired) electrons. The molecule has 1 fully saturated rings. The second-order valence-corrected chi connectivity index (χ2v) is 7.16. The average Bonchev–Trinajstić information content (AvgIpc) is 3.32. The number of nitrogens with one attached hydrogen (secondary N) is 1. The monoisotopic (exact) mass is 369 g/mol. The Kier molecular flexibility index (Phi) is 4.65. The van der Waals surface area contributed by atoms with Gasteiger partial charge in [0.25, 0.3) is 11.8 Å². The third kappa shape index (κ3) is 3.57. The Morgan fingerprint density at radius 2 is 2.22 bits per heavy atom. The number of carbonyl (C=O) groups is 2. The molecule has 27 heavy (non-hydrogen) atoms. The van der Waals surface area contributed by atoms with Crippen LogP contribution in [-0.4, -0.2) is 50.2 Å². The van der Waals surface area contributed by atoms with E-state index in [4.69, 9.17) is 4.74 Å². The van der Waals surface area contributed by atoms with Gasteiger partial charge in [0.15, 0.2) is 5.69 Å². The predicted molar refractivity (Wildman–Crippen MR) is 96.6 cm³/mol. The molecule has 2 amide bonds. The van der Waals surface area contributed by atoms with E-state index in [2.05, 4.69) is 15.4 Å². The first-order valence-corrected chi connectivity index (χ1v) is 9.23. The molecule has 2 aromatic rings. The Bertz CT molecular complexity index is 842. The molecule has 2 aliphatic heterocycles. The first kappa shape index (κ1) is 17.7. The first-order chi connectivity index (χ1) is 13.0. The smallest absolute Gasteiger partial charge is 0.272 e. The normalized spacial score (nSPS) is 21.7. The number of pyridine rings is 1. The number of carbonyl (C=O) groups excluding carboxylic acids is 2. The van der Waals surface area contributed by atoms with Crippen molar-refractivity contribution in [3.63, 3.8) is 0 Å². The zero-order chi connectivity index (χ0) is 18.9. The van der Waals surface area contributed by atoms with Crippen molar-refractivity contribution < 1.29 is 14.3 Å². The Morgan fingerprint density at radius 3 is 2.96 bits per heavy atom. The first-order valence-electron chi connectivity index (χ1n) is 9.23. The zero-order valence-electron chi connectivity index (χ0n) is 15.4. The highest BCUT2D eigenvalue weighted by Gasteiger charge is 2.41. The fraction of sp³-hybridized carbons (Fsp3) is 0.474. The molecule has 1 saturated heterocycles. The van der Waals surface area contributed by atoms with E-state index < -0.39 is 5.60 Å². The molecule has 0 spiro atoms. The number of hydrogen-bond donors (Lipinski definition) is 1. The van der Waals surface area contributed by atoms with E-state index in [1.54, 1.807) is 21.8 Å². The van der Waals surface area contributed by atoms with Gasteiger partial charge in [-0.05, 0) is 38.0 Å². The molecule has 0 aliphatic carbocycles. The molecule has 0 aromatic carbocycles. The maximum atomic E-state index is 12.8. The molecule has 1 unspecified atom stereocenters. The number of hydrogen-bond acceptors (Lipinski definition) is 5. The van der Waals surface area contributed by atoms with Gasteiger partial charge >= 0.3 is 0 Å². The summed E-state index contributed by atoms with van der Waals surface area (Å²) in [5.41, 5.74) is 1.29. The molecular formula is C19H23N5O3. The lowest BCUT2D eigenvalue weighted by molar-refractivity contribution is -0.152. The highest BCUT2D eigenvalue weighted by atomic mass is 16.5. The Labute approximate surface area is 157 Å². The van der Waals surface area contributed by atoms with Crippen molar-refractivity contribution in [3.8, 4) is 0 Å². The van der Waals surface area contributed by atoms with Crippen molar-refractivity contribution in [3.05, 3.63) is 47.5 Å². The van der Waals surface area contributed by atoms with Crippen LogP contribution in [-0.2, 0) is 29.2 Å². The molecule has 4 rings (SSSR count). The summed E-state index contributed by atoms with van der Waals surface area (Å²) < 4.78 is 7.48. The van der Waals surface area contributed by atoms with Crippen LogP contribution in [0.15, 0.2) is 30.5 Å². The molecule has 2 aromatic heterocycles. The van der Waals surface area contributed by atoms with Crippen LogP contribution in [0.2, 0.25) is 0 Å². The largest absolute Gasteiger partial charge is 0.365 e. The minimum Gasteiger partial charge on any atom is -0.365 e. The van der Waals surface area contributed by atoms with Crippen LogP contribution in [0.1, 0.15) is 41.6 Å². The van der Waals surface area contributed by atoms with Gasteiger partial charge in [-0.15, -0.1) is 0 Å². The SMILES string of the molecule is CC1(C(=O)N2CCn3nc(C(=O)NCc4ccccn4)cc3C2)CCCO1. The van der Waals surface area contributed by atoms with Gasteiger partial charge < -0.3 is 15.0 Å². The van der Waals surface area contributed by atoms with Gasteiger partial charge in [-0.2, -0.15) is 5.10 Å². The summed E-state index contributed by atoms with van der Waals surface area (Å²) in [7, 11) is 0. The Balaban J connectivity index is 1.41. The van der Waals surface area contributed by atoms with Gasteiger partial charge in [0, 0.05) is 19.3 Å². The highest BCUT2D eigenvalue weighted by Crippen LogP contribution is 2.28. The van der Waals surface area contributed by atoms with Crippen molar-refractivity contribution in [2.45, 2.75) is 45.0 Å². The summed E-state index contributed by atoms with van der Waals surface area (Å²) in [4.78, 5) is 31.2. The molecule has 8 heteroatoms. The summed E-state index contributed by atoms with van der Waals surface area (Å²) in [5.74, 6) is -0.222. The molecular weight excluding hydrogens is 346 g/mol. The molecule has 0 bridgehead atoms. The van der Waals surface area contributed by atoms with Crippen LogP contribution in [0.3, 0.4) is 0 Å². The van der Waals surface area contributed by atoms with Gasteiger partial charge in [0.05, 0.1) is 31.0 Å². The molecule has 1 N–H and O–H groups in total. The summed E-state index contributed by atoms with van der Waals surface area (Å²) >= 11 is 0. The molecule has 1 atom stereocenters. The maximum absolute atomic E-state index is 12.8. The second kappa shape index (κ2) is 7.11. The van der Waals surface area contributed by atoms with Crippen LogP contribution in [0.4, 0.5) is 0 Å². The maximum Gasteiger partial charge on any atom is 0.272 e. The van der Waals surface area contributed by atoms with Gasteiger partial charge in [0.2, 0.25) is 0 Å². The van der Waals surface area contributed by atoms with E-state index in [0.29, 0.717) is 38.5 Å². The van der Waals surface area contributed by atoms with Gasteiger partial charge in [-0.25, -0.2) is 0 Å². The van der Waals surface area contributed by atoms with Gasteiger partial charge in [-0.1, -0.05) is 6.07 Å².